The van der Waals surface area contributed by atoms with Crippen LogP contribution in [0.4, 0.5) is 5.69 Å². The van der Waals surface area contributed by atoms with E-state index in [9.17, 15) is 24.5 Å². The van der Waals surface area contributed by atoms with Crippen LogP contribution in [0.25, 0.3) is 0 Å². The molecule has 0 aliphatic rings. The standard InChI is InChI=1S/C19H20ClN3O5/c1-3-4-10-21(2)19(26)17(22-12-14(20)8-9-16(22)24)18(25)13-6-5-7-15(11-13)23(27)28/h5-9,11-12,17H,3-4,10H2,1-2H3/t17-/m0/s1. The lowest BCUT2D eigenvalue weighted by atomic mass is 10.0. The molecule has 0 radical (unpaired) electrons. The number of hydrogen-bond donors (Lipinski definition) is 0. The molecule has 148 valence electrons. The Labute approximate surface area is 166 Å². The lowest BCUT2D eigenvalue weighted by molar-refractivity contribution is -0.384. The van der Waals surface area contributed by atoms with Crippen LogP contribution in [-0.4, -0.2) is 39.7 Å². The zero-order valence-corrected chi connectivity index (χ0v) is 16.3. The molecule has 9 heteroatoms. The van der Waals surface area contributed by atoms with Gasteiger partial charge in [-0.25, -0.2) is 0 Å². The SMILES string of the molecule is CCCCN(C)C(=O)[C@H](C(=O)c1cccc([N+](=O)[O-])c1)n1cc(Cl)ccc1=O. The van der Waals surface area contributed by atoms with Crippen molar-refractivity contribution in [3.05, 3.63) is 73.6 Å². The van der Waals surface area contributed by atoms with Crippen LogP contribution < -0.4 is 5.56 Å². The first-order chi connectivity index (χ1) is 13.3. The third-order valence-corrected chi connectivity index (χ3v) is 4.45. The molecule has 28 heavy (non-hydrogen) atoms. The number of nitro groups is 1. The molecule has 0 saturated heterocycles. The Morgan fingerprint density at radius 2 is 2.00 bits per heavy atom. The fraction of sp³-hybridized carbons (Fsp3) is 0.316. The van der Waals surface area contributed by atoms with Gasteiger partial charge >= 0.3 is 0 Å². The zero-order chi connectivity index (χ0) is 20.8. The van der Waals surface area contributed by atoms with E-state index < -0.39 is 28.2 Å². The Morgan fingerprint density at radius 1 is 1.29 bits per heavy atom. The summed E-state index contributed by atoms with van der Waals surface area (Å²) in [6.07, 6.45) is 2.79. The summed E-state index contributed by atoms with van der Waals surface area (Å²) in [6.45, 7) is 2.37. The van der Waals surface area contributed by atoms with Gasteiger partial charge in [-0.3, -0.25) is 29.1 Å². The van der Waals surface area contributed by atoms with Crippen molar-refractivity contribution < 1.29 is 14.5 Å². The summed E-state index contributed by atoms with van der Waals surface area (Å²) in [5.41, 5.74) is -0.899. The monoisotopic (exact) mass is 405 g/mol. The maximum absolute atomic E-state index is 13.1. The number of amides is 1. The van der Waals surface area contributed by atoms with E-state index in [2.05, 4.69) is 0 Å². The second-order valence-electron chi connectivity index (χ2n) is 6.28. The maximum atomic E-state index is 13.1. The third kappa shape index (κ3) is 4.83. The number of halogens is 1. The van der Waals surface area contributed by atoms with Gasteiger partial charge in [0.25, 0.3) is 17.2 Å². The number of benzene rings is 1. The minimum absolute atomic E-state index is 0.0386. The van der Waals surface area contributed by atoms with Crippen molar-refractivity contribution in [2.75, 3.05) is 13.6 Å². The summed E-state index contributed by atoms with van der Waals surface area (Å²) < 4.78 is 0.967. The van der Waals surface area contributed by atoms with E-state index in [-0.39, 0.29) is 16.3 Å². The molecule has 0 N–H and O–H groups in total. The van der Waals surface area contributed by atoms with Crippen molar-refractivity contribution in [1.29, 1.82) is 0 Å². The van der Waals surface area contributed by atoms with Gasteiger partial charge < -0.3 is 4.90 Å². The van der Waals surface area contributed by atoms with Crippen molar-refractivity contribution in [2.45, 2.75) is 25.8 Å². The van der Waals surface area contributed by atoms with Crippen molar-refractivity contribution in [2.24, 2.45) is 0 Å². The van der Waals surface area contributed by atoms with E-state index >= 15 is 0 Å². The number of nitrogens with zero attached hydrogens (tertiary/aromatic N) is 3. The number of Topliss-reactive ketones (excluding diaryl/α,β-unsaturated/α-hetero) is 1. The summed E-state index contributed by atoms with van der Waals surface area (Å²) >= 11 is 5.96. The highest BCUT2D eigenvalue weighted by molar-refractivity contribution is 6.30. The number of pyridine rings is 1. The van der Waals surface area contributed by atoms with Crippen molar-refractivity contribution in [3.63, 3.8) is 0 Å². The molecule has 0 fully saturated rings. The predicted molar refractivity (Wildman–Crippen MR) is 105 cm³/mol. The van der Waals surface area contributed by atoms with E-state index in [0.29, 0.717) is 6.54 Å². The minimum Gasteiger partial charge on any atom is -0.344 e. The maximum Gasteiger partial charge on any atom is 0.270 e. The van der Waals surface area contributed by atoms with Gasteiger partial charge in [-0.2, -0.15) is 0 Å². The Bertz CT molecular complexity index is 957. The average molecular weight is 406 g/mol. The van der Waals surface area contributed by atoms with E-state index in [1.807, 2.05) is 6.92 Å². The van der Waals surface area contributed by atoms with Gasteiger partial charge in [0.15, 0.2) is 11.8 Å². The Balaban J connectivity index is 2.54. The highest BCUT2D eigenvalue weighted by atomic mass is 35.5. The molecule has 2 aromatic rings. The Hall–Kier alpha value is -3.00. The number of carbonyl (C=O) groups excluding carboxylic acids is 2. The molecule has 8 nitrogen and oxygen atoms in total. The molecule has 1 aromatic heterocycles. The van der Waals surface area contributed by atoms with Crippen LogP contribution in [0, 0.1) is 10.1 Å². The minimum atomic E-state index is -1.50. The molecule has 0 unspecified atom stereocenters. The highest BCUT2D eigenvalue weighted by Gasteiger charge is 2.33. The number of hydrogen-bond acceptors (Lipinski definition) is 5. The van der Waals surface area contributed by atoms with E-state index in [4.69, 9.17) is 11.6 Å². The number of unbranched alkanes of at least 4 members (excludes halogenated alkanes) is 1. The molecular weight excluding hydrogens is 386 g/mol. The second-order valence-corrected chi connectivity index (χ2v) is 6.72. The number of ketones is 1. The van der Waals surface area contributed by atoms with Gasteiger partial charge in [0, 0.05) is 43.6 Å². The van der Waals surface area contributed by atoms with Crippen LogP contribution in [0.3, 0.4) is 0 Å². The topological polar surface area (TPSA) is 103 Å². The molecule has 1 atom stereocenters. The molecule has 1 aromatic carbocycles. The first-order valence-electron chi connectivity index (χ1n) is 8.67. The summed E-state index contributed by atoms with van der Waals surface area (Å²) in [7, 11) is 1.54. The molecule has 1 heterocycles. The van der Waals surface area contributed by atoms with Gasteiger partial charge in [-0.1, -0.05) is 37.1 Å². The van der Waals surface area contributed by atoms with Crippen LogP contribution in [0.1, 0.15) is 36.2 Å². The van der Waals surface area contributed by atoms with E-state index in [1.54, 1.807) is 7.05 Å². The fourth-order valence-corrected chi connectivity index (χ4v) is 2.85. The third-order valence-electron chi connectivity index (χ3n) is 4.23. The molecular formula is C19H20ClN3O5. The summed E-state index contributed by atoms with van der Waals surface area (Å²) in [4.78, 5) is 50.2. The van der Waals surface area contributed by atoms with Crippen molar-refractivity contribution in [1.82, 2.24) is 9.47 Å². The number of non-ortho nitro benzene ring substituents is 1. The first kappa shape index (κ1) is 21.3. The number of likely N-dealkylation sites (N-methyl/N-ethyl adjacent to an activating group) is 1. The lowest BCUT2D eigenvalue weighted by Crippen LogP contribution is -2.42. The summed E-state index contributed by atoms with van der Waals surface area (Å²) in [6, 6.07) is 6.08. The molecule has 2 rings (SSSR count). The van der Waals surface area contributed by atoms with Gasteiger partial charge in [-0.05, 0) is 12.5 Å². The molecule has 0 spiro atoms. The van der Waals surface area contributed by atoms with E-state index in [0.717, 1.165) is 29.5 Å². The molecule has 0 bridgehead atoms. The fourth-order valence-electron chi connectivity index (χ4n) is 2.68. The molecule has 0 aliphatic heterocycles. The van der Waals surface area contributed by atoms with Crippen molar-refractivity contribution >= 4 is 29.0 Å². The zero-order valence-electron chi connectivity index (χ0n) is 15.5. The number of nitro benzene ring substituents is 1. The van der Waals surface area contributed by atoms with Crippen LogP contribution in [0.15, 0.2) is 47.4 Å². The van der Waals surface area contributed by atoms with Crippen LogP contribution in [0.2, 0.25) is 5.02 Å². The number of carbonyl (C=O) groups is 2. The van der Waals surface area contributed by atoms with E-state index in [1.165, 1.54) is 35.4 Å². The summed E-state index contributed by atoms with van der Waals surface area (Å²) in [5, 5.41) is 11.2. The normalized spacial score (nSPS) is 11.7. The lowest BCUT2D eigenvalue weighted by Gasteiger charge is -2.24. The van der Waals surface area contributed by atoms with Crippen LogP contribution in [0.5, 0.6) is 0 Å². The summed E-state index contributed by atoms with van der Waals surface area (Å²) in [5.74, 6) is -1.31. The Kier molecular flexibility index (Phi) is 7.06. The predicted octanol–water partition coefficient (Wildman–Crippen LogP) is 3.09. The second kappa shape index (κ2) is 9.27. The van der Waals surface area contributed by atoms with Gasteiger partial charge in [0.05, 0.1) is 9.95 Å². The quantitative estimate of drug-likeness (QED) is 0.290. The average Bonchev–Trinajstić information content (AvgIpc) is 2.68. The Morgan fingerprint density at radius 3 is 2.64 bits per heavy atom. The van der Waals surface area contributed by atoms with Gasteiger partial charge in [0.2, 0.25) is 0 Å². The van der Waals surface area contributed by atoms with Crippen molar-refractivity contribution in [3.8, 4) is 0 Å². The van der Waals surface area contributed by atoms with Gasteiger partial charge in [-0.15, -0.1) is 0 Å². The largest absolute Gasteiger partial charge is 0.344 e. The highest BCUT2D eigenvalue weighted by Crippen LogP contribution is 2.21. The van der Waals surface area contributed by atoms with Crippen LogP contribution >= 0.6 is 11.6 Å². The smallest absolute Gasteiger partial charge is 0.270 e. The van der Waals surface area contributed by atoms with Gasteiger partial charge in [0.1, 0.15) is 0 Å². The number of aromatic nitrogens is 1. The molecule has 0 saturated carbocycles. The first-order valence-corrected chi connectivity index (χ1v) is 9.05. The molecule has 0 aliphatic carbocycles. The van der Waals surface area contributed by atoms with Crippen LogP contribution in [-0.2, 0) is 4.79 Å². The molecule has 1 amide bonds. The number of rotatable bonds is 8.